The topological polar surface area (TPSA) is 32.3 Å². The number of hydrogen-bond donors (Lipinski definition) is 2. The average Bonchev–Trinajstić information content (AvgIpc) is 2.66. The summed E-state index contributed by atoms with van der Waals surface area (Å²) in [4.78, 5) is 0. The Morgan fingerprint density at radius 3 is 2.69 bits per heavy atom. The van der Waals surface area contributed by atoms with Crippen LogP contribution in [0.15, 0.2) is 16.8 Å². The van der Waals surface area contributed by atoms with Crippen LogP contribution >= 0.6 is 11.3 Å². The SMILES string of the molecule is CC(C)CC(O)CNC(C)Cc1ccsc1. The number of aliphatic hydroxyl groups is 1. The third kappa shape index (κ3) is 5.64. The molecule has 0 saturated heterocycles. The molecule has 0 radical (unpaired) electrons. The lowest BCUT2D eigenvalue weighted by molar-refractivity contribution is 0.143. The van der Waals surface area contributed by atoms with E-state index in [0.29, 0.717) is 18.5 Å². The van der Waals surface area contributed by atoms with E-state index in [-0.39, 0.29) is 6.10 Å². The molecule has 0 saturated carbocycles. The van der Waals surface area contributed by atoms with E-state index in [0.717, 1.165) is 12.8 Å². The first-order valence-electron chi connectivity index (χ1n) is 6.00. The van der Waals surface area contributed by atoms with Gasteiger partial charge in [-0.1, -0.05) is 13.8 Å². The van der Waals surface area contributed by atoms with Gasteiger partial charge >= 0.3 is 0 Å². The molecular formula is C13H23NOS. The number of aliphatic hydroxyl groups excluding tert-OH is 1. The van der Waals surface area contributed by atoms with Gasteiger partial charge in [0.05, 0.1) is 6.10 Å². The summed E-state index contributed by atoms with van der Waals surface area (Å²) in [6.45, 7) is 7.14. The first-order valence-corrected chi connectivity index (χ1v) is 6.94. The van der Waals surface area contributed by atoms with Crippen LogP contribution in [0.4, 0.5) is 0 Å². The van der Waals surface area contributed by atoms with Crippen LogP contribution in [0, 0.1) is 5.92 Å². The van der Waals surface area contributed by atoms with Crippen LogP contribution in [0.25, 0.3) is 0 Å². The van der Waals surface area contributed by atoms with Gasteiger partial charge in [-0.25, -0.2) is 0 Å². The van der Waals surface area contributed by atoms with Crippen LogP contribution in [0.1, 0.15) is 32.8 Å². The molecular weight excluding hydrogens is 218 g/mol. The van der Waals surface area contributed by atoms with Crippen molar-refractivity contribution >= 4 is 11.3 Å². The summed E-state index contributed by atoms with van der Waals surface area (Å²) in [5.74, 6) is 0.559. The van der Waals surface area contributed by atoms with Gasteiger partial charge in [0.25, 0.3) is 0 Å². The van der Waals surface area contributed by atoms with Crippen molar-refractivity contribution in [3.05, 3.63) is 22.4 Å². The van der Waals surface area contributed by atoms with Crippen molar-refractivity contribution < 1.29 is 5.11 Å². The quantitative estimate of drug-likeness (QED) is 0.769. The van der Waals surface area contributed by atoms with Crippen LogP contribution in [-0.2, 0) is 6.42 Å². The molecule has 16 heavy (non-hydrogen) atoms. The highest BCUT2D eigenvalue weighted by Crippen LogP contribution is 2.09. The highest BCUT2D eigenvalue weighted by Gasteiger charge is 2.09. The van der Waals surface area contributed by atoms with Crippen molar-refractivity contribution in [3.63, 3.8) is 0 Å². The summed E-state index contributed by atoms with van der Waals surface area (Å²) in [7, 11) is 0. The molecule has 0 aliphatic heterocycles. The van der Waals surface area contributed by atoms with Gasteiger partial charge in [-0.15, -0.1) is 0 Å². The zero-order valence-corrected chi connectivity index (χ0v) is 11.3. The lowest BCUT2D eigenvalue weighted by Crippen LogP contribution is -2.35. The van der Waals surface area contributed by atoms with Crippen LogP contribution in [0.2, 0.25) is 0 Å². The molecule has 2 N–H and O–H groups in total. The third-order valence-corrected chi connectivity index (χ3v) is 3.30. The van der Waals surface area contributed by atoms with Crippen molar-refractivity contribution in [1.29, 1.82) is 0 Å². The standard InChI is InChI=1S/C13H23NOS/c1-10(2)6-13(15)8-14-11(3)7-12-4-5-16-9-12/h4-5,9-11,13-15H,6-8H2,1-3H3. The lowest BCUT2D eigenvalue weighted by atomic mass is 10.1. The molecule has 0 fully saturated rings. The zero-order chi connectivity index (χ0) is 12.0. The number of thiophene rings is 1. The Hall–Kier alpha value is -0.380. The first kappa shape index (κ1) is 13.7. The van der Waals surface area contributed by atoms with Gasteiger partial charge in [-0.3, -0.25) is 0 Å². The molecule has 0 amide bonds. The second-order valence-electron chi connectivity index (χ2n) is 4.93. The largest absolute Gasteiger partial charge is 0.392 e. The number of rotatable bonds is 7. The molecule has 0 aliphatic rings. The molecule has 1 rings (SSSR count). The lowest BCUT2D eigenvalue weighted by Gasteiger charge is -2.18. The molecule has 92 valence electrons. The highest BCUT2D eigenvalue weighted by atomic mass is 32.1. The Balaban J connectivity index is 2.17. The molecule has 0 aliphatic carbocycles. The predicted octanol–water partition coefficient (Wildman–Crippen LogP) is 2.68. The number of hydrogen-bond acceptors (Lipinski definition) is 3. The minimum Gasteiger partial charge on any atom is -0.392 e. The zero-order valence-electron chi connectivity index (χ0n) is 10.4. The molecule has 0 bridgehead atoms. The summed E-state index contributed by atoms with van der Waals surface area (Å²) in [5.41, 5.74) is 1.38. The maximum Gasteiger partial charge on any atom is 0.0667 e. The van der Waals surface area contributed by atoms with E-state index in [1.54, 1.807) is 11.3 Å². The van der Waals surface area contributed by atoms with E-state index >= 15 is 0 Å². The van der Waals surface area contributed by atoms with Gasteiger partial charge in [0.2, 0.25) is 0 Å². The molecule has 0 spiro atoms. The Morgan fingerprint density at radius 2 is 2.12 bits per heavy atom. The smallest absolute Gasteiger partial charge is 0.0667 e. The molecule has 2 nitrogen and oxygen atoms in total. The van der Waals surface area contributed by atoms with Gasteiger partial charge < -0.3 is 10.4 Å². The Kier molecular flexibility index (Phi) is 6.03. The fourth-order valence-corrected chi connectivity index (χ4v) is 2.48. The minimum atomic E-state index is -0.218. The van der Waals surface area contributed by atoms with Crippen molar-refractivity contribution in [1.82, 2.24) is 5.32 Å². The van der Waals surface area contributed by atoms with Crippen LogP contribution in [-0.4, -0.2) is 23.8 Å². The van der Waals surface area contributed by atoms with Crippen LogP contribution in [0.3, 0.4) is 0 Å². The normalized spacial score (nSPS) is 15.3. The van der Waals surface area contributed by atoms with E-state index in [1.165, 1.54) is 5.56 Å². The second kappa shape index (κ2) is 7.05. The number of nitrogens with one attached hydrogen (secondary N) is 1. The van der Waals surface area contributed by atoms with E-state index in [2.05, 4.69) is 42.9 Å². The molecule has 0 aromatic carbocycles. The van der Waals surface area contributed by atoms with Crippen molar-refractivity contribution in [3.8, 4) is 0 Å². The summed E-state index contributed by atoms with van der Waals surface area (Å²) >= 11 is 1.74. The molecule has 2 atom stereocenters. The summed E-state index contributed by atoms with van der Waals surface area (Å²) in [6.07, 6.45) is 1.70. The molecule has 1 heterocycles. The molecule has 1 aromatic heterocycles. The minimum absolute atomic E-state index is 0.218. The Morgan fingerprint density at radius 1 is 1.38 bits per heavy atom. The van der Waals surface area contributed by atoms with Gasteiger partial charge in [-0.05, 0) is 48.1 Å². The van der Waals surface area contributed by atoms with Gasteiger partial charge in [0.15, 0.2) is 0 Å². The van der Waals surface area contributed by atoms with Crippen molar-refractivity contribution in [2.45, 2.75) is 45.8 Å². The van der Waals surface area contributed by atoms with Crippen LogP contribution in [0.5, 0.6) is 0 Å². The maximum atomic E-state index is 9.73. The molecule has 1 aromatic rings. The summed E-state index contributed by atoms with van der Waals surface area (Å²) in [5, 5.41) is 17.4. The fraction of sp³-hybridized carbons (Fsp3) is 0.692. The van der Waals surface area contributed by atoms with Crippen molar-refractivity contribution in [2.75, 3.05) is 6.54 Å². The van der Waals surface area contributed by atoms with E-state index in [9.17, 15) is 5.11 Å². The van der Waals surface area contributed by atoms with Crippen LogP contribution < -0.4 is 5.32 Å². The second-order valence-corrected chi connectivity index (χ2v) is 5.71. The van der Waals surface area contributed by atoms with Gasteiger partial charge in [-0.2, -0.15) is 11.3 Å². The van der Waals surface area contributed by atoms with Gasteiger partial charge in [0.1, 0.15) is 0 Å². The highest BCUT2D eigenvalue weighted by molar-refractivity contribution is 7.07. The van der Waals surface area contributed by atoms with Crippen molar-refractivity contribution in [2.24, 2.45) is 5.92 Å². The monoisotopic (exact) mass is 241 g/mol. The van der Waals surface area contributed by atoms with E-state index in [4.69, 9.17) is 0 Å². The first-order chi connectivity index (χ1) is 7.58. The third-order valence-electron chi connectivity index (χ3n) is 2.57. The molecule has 3 heteroatoms. The summed E-state index contributed by atoms with van der Waals surface area (Å²) in [6, 6.07) is 2.59. The van der Waals surface area contributed by atoms with E-state index < -0.39 is 0 Å². The summed E-state index contributed by atoms with van der Waals surface area (Å²) < 4.78 is 0. The molecule has 2 unspecified atom stereocenters. The average molecular weight is 241 g/mol. The Bertz CT molecular complexity index is 271. The fourth-order valence-electron chi connectivity index (χ4n) is 1.80. The predicted molar refractivity (Wildman–Crippen MR) is 70.9 cm³/mol. The van der Waals surface area contributed by atoms with Gasteiger partial charge in [0, 0.05) is 12.6 Å². The Labute approximate surface area is 103 Å². The maximum absolute atomic E-state index is 9.73. The van der Waals surface area contributed by atoms with E-state index in [1.807, 2.05) is 0 Å².